The zero-order valence-corrected chi connectivity index (χ0v) is 11.6. The number of amides is 2. The molecule has 1 aliphatic heterocycles. The second-order valence-corrected chi connectivity index (χ2v) is 5.10. The van der Waals surface area contributed by atoms with Crippen LogP contribution in [0.25, 0.3) is 0 Å². The van der Waals surface area contributed by atoms with Crippen molar-refractivity contribution in [3.05, 3.63) is 29.8 Å². The molecule has 1 aromatic carbocycles. The SMILES string of the molecule is CC(=O)N1CCN(Cc2ccc(N)cc2)C(C(N)=O)C1. The highest BCUT2D eigenvalue weighted by atomic mass is 16.2. The number of carbonyl (C=O) groups excluding carboxylic acids is 2. The Morgan fingerprint density at radius 1 is 1.25 bits per heavy atom. The summed E-state index contributed by atoms with van der Waals surface area (Å²) in [7, 11) is 0. The van der Waals surface area contributed by atoms with Gasteiger partial charge in [-0.05, 0) is 17.7 Å². The van der Waals surface area contributed by atoms with E-state index in [1.165, 1.54) is 6.92 Å². The normalized spacial score (nSPS) is 19.9. The number of hydrogen-bond donors (Lipinski definition) is 2. The van der Waals surface area contributed by atoms with E-state index in [2.05, 4.69) is 0 Å². The van der Waals surface area contributed by atoms with Crippen LogP contribution in [0, 0.1) is 0 Å². The molecule has 0 saturated carbocycles. The highest BCUT2D eigenvalue weighted by molar-refractivity contribution is 5.82. The molecule has 0 aromatic heterocycles. The first-order valence-corrected chi connectivity index (χ1v) is 6.60. The lowest BCUT2D eigenvalue weighted by atomic mass is 10.1. The number of primary amides is 1. The molecule has 1 atom stereocenters. The van der Waals surface area contributed by atoms with Crippen LogP contribution in [-0.2, 0) is 16.1 Å². The number of rotatable bonds is 3. The van der Waals surface area contributed by atoms with E-state index in [1.807, 2.05) is 29.2 Å². The van der Waals surface area contributed by atoms with Crippen LogP contribution in [0.1, 0.15) is 12.5 Å². The van der Waals surface area contributed by atoms with Crippen LogP contribution in [0.2, 0.25) is 0 Å². The predicted octanol–water partition coefficient (Wildman–Crippen LogP) is -0.213. The summed E-state index contributed by atoms with van der Waals surface area (Å²) in [5.41, 5.74) is 12.9. The molecule has 6 heteroatoms. The fourth-order valence-electron chi connectivity index (χ4n) is 2.42. The molecular formula is C14H20N4O2. The van der Waals surface area contributed by atoms with Gasteiger partial charge in [-0.2, -0.15) is 0 Å². The van der Waals surface area contributed by atoms with Crippen molar-refractivity contribution < 1.29 is 9.59 Å². The van der Waals surface area contributed by atoms with Gasteiger partial charge in [-0.25, -0.2) is 0 Å². The van der Waals surface area contributed by atoms with E-state index in [0.29, 0.717) is 31.9 Å². The van der Waals surface area contributed by atoms with Crippen molar-refractivity contribution in [1.29, 1.82) is 0 Å². The number of nitrogens with zero attached hydrogens (tertiary/aromatic N) is 2. The smallest absolute Gasteiger partial charge is 0.236 e. The summed E-state index contributed by atoms with van der Waals surface area (Å²) in [6.45, 7) is 3.75. The van der Waals surface area contributed by atoms with Gasteiger partial charge in [0.1, 0.15) is 6.04 Å². The van der Waals surface area contributed by atoms with Gasteiger partial charge in [0.25, 0.3) is 0 Å². The number of nitrogens with two attached hydrogens (primary N) is 2. The number of piperazine rings is 1. The van der Waals surface area contributed by atoms with E-state index >= 15 is 0 Å². The van der Waals surface area contributed by atoms with Gasteiger partial charge in [0.2, 0.25) is 11.8 Å². The highest BCUT2D eigenvalue weighted by Gasteiger charge is 2.31. The summed E-state index contributed by atoms with van der Waals surface area (Å²) >= 11 is 0. The molecule has 20 heavy (non-hydrogen) atoms. The van der Waals surface area contributed by atoms with Crippen molar-refractivity contribution in [1.82, 2.24) is 9.80 Å². The monoisotopic (exact) mass is 276 g/mol. The van der Waals surface area contributed by atoms with Crippen molar-refractivity contribution >= 4 is 17.5 Å². The minimum atomic E-state index is -0.440. The summed E-state index contributed by atoms with van der Waals surface area (Å²) in [4.78, 5) is 26.7. The molecule has 108 valence electrons. The Bertz CT molecular complexity index is 500. The maximum absolute atomic E-state index is 11.6. The fourth-order valence-corrected chi connectivity index (χ4v) is 2.42. The van der Waals surface area contributed by atoms with Crippen molar-refractivity contribution in [2.45, 2.75) is 19.5 Å². The van der Waals surface area contributed by atoms with Gasteiger partial charge in [-0.3, -0.25) is 14.5 Å². The first-order chi connectivity index (χ1) is 9.47. The van der Waals surface area contributed by atoms with Gasteiger partial charge >= 0.3 is 0 Å². The van der Waals surface area contributed by atoms with Crippen LogP contribution in [0.3, 0.4) is 0 Å². The molecule has 1 unspecified atom stereocenters. The summed E-state index contributed by atoms with van der Waals surface area (Å²) in [5, 5.41) is 0. The van der Waals surface area contributed by atoms with Gasteiger partial charge in [0.05, 0.1) is 0 Å². The van der Waals surface area contributed by atoms with Crippen LogP contribution < -0.4 is 11.5 Å². The average molecular weight is 276 g/mol. The average Bonchev–Trinajstić information content (AvgIpc) is 2.41. The van der Waals surface area contributed by atoms with Crippen molar-refractivity contribution in [3.63, 3.8) is 0 Å². The predicted molar refractivity (Wildman–Crippen MR) is 76.5 cm³/mol. The molecule has 1 saturated heterocycles. The lowest BCUT2D eigenvalue weighted by Gasteiger charge is -2.39. The van der Waals surface area contributed by atoms with Gasteiger partial charge in [-0.15, -0.1) is 0 Å². The molecule has 2 amide bonds. The van der Waals surface area contributed by atoms with E-state index in [4.69, 9.17) is 11.5 Å². The molecule has 1 fully saturated rings. The summed E-state index contributed by atoms with van der Waals surface area (Å²) in [5.74, 6) is -0.422. The highest BCUT2D eigenvalue weighted by Crippen LogP contribution is 2.15. The Kier molecular flexibility index (Phi) is 4.24. The van der Waals surface area contributed by atoms with Crippen molar-refractivity contribution in [2.75, 3.05) is 25.4 Å². The maximum atomic E-state index is 11.6. The Labute approximate surface area is 118 Å². The summed E-state index contributed by atoms with van der Waals surface area (Å²) < 4.78 is 0. The maximum Gasteiger partial charge on any atom is 0.236 e. The second kappa shape index (κ2) is 5.92. The standard InChI is InChI=1S/C14H20N4O2/c1-10(19)17-6-7-18(13(9-17)14(16)20)8-11-2-4-12(15)5-3-11/h2-5,13H,6-9,15H2,1H3,(H2,16,20). The van der Waals surface area contributed by atoms with E-state index in [0.717, 1.165) is 5.56 Å². The van der Waals surface area contributed by atoms with Crippen LogP contribution in [0.5, 0.6) is 0 Å². The van der Waals surface area contributed by atoms with Gasteiger partial charge in [-0.1, -0.05) is 12.1 Å². The van der Waals surface area contributed by atoms with E-state index in [9.17, 15) is 9.59 Å². The third kappa shape index (κ3) is 3.27. The molecule has 6 nitrogen and oxygen atoms in total. The Balaban J connectivity index is 2.08. The van der Waals surface area contributed by atoms with Crippen LogP contribution in [-0.4, -0.2) is 47.3 Å². The molecule has 4 N–H and O–H groups in total. The Hall–Kier alpha value is -2.08. The third-order valence-corrected chi connectivity index (χ3v) is 3.63. The minimum absolute atomic E-state index is 0.0246. The zero-order valence-electron chi connectivity index (χ0n) is 11.6. The largest absolute Gasteiger partial charge is 0.399 e. The third-order valence-electron chi connectivity index (χ3n) is 3.63. The topological polar surface area (TPSA) is 92.7 Å². The molecule has 2 rings (SSSR count). The lowest BCUT2D eigenvalue weighted by Crippen LogP contribution is -2.58. The minimum Gasteiger partial charge on any atom is -0.399 e. The molecular weight excluding hydrogens is 256 g/mol. The number of anilines is 1. The quantitative estimate of drug-likeness (QED) is 0.747. The van der Waals surface area contributed by atoms with Gasteiger partial charge < -0.3 is 16.4 Å². The van der Waals surface area contributed by atoms with Gasteiger partial charge in [0.15, 0.2) is 0 Å². The first-order valence-electron chi connectivity index (χ1n) is 6.60. The second-order valence-electron chi connectivity index (χ2n) is 5.10. The Morgan fingerprint density at radius 3 is 2.45 bits per heavy atom. The van der Waals surface area contributed by atoms with E-state index in [-0.39, 0.29) is 5.91 Å². The van der Waals surface area contributed by atoms with Crippen LogP contribution in [0.4, 0.5) is 5.69 Å². The summed E-state index contributed by atoms with van der Waals surface area (Å²) in [6, 6.07) is 7.10. The zero-order chi connectivity index (χ0) is 14.7. The number of hydrogen-bond acceptors (Lipinski definition) is 4. The number of nitrogen functional groups attached to an aromatic ring is 1. The fraction of sp³-hybridized carbons (Fsp3) is 0.429. The lowest BCUT2D eigenvalue weighted by molar-refractivity contribution is -0.135. The van der Waals surface area contributed by atoms with Crippen molar-refractivity contribution in [3.8, 4) is 0 Å². The van der Waals surface area contributed by atoms with E-state index < -0.39 is 11.9 Å². The number of benzene rings is 1. The molecule has 0 bridgehead atoms. The first kappa shape index (κ1) is 14.3. The summed E-state index contributed by atoms with van der Waals surface area (Å²) in [6.07, 6.45) is 0. The molecule has 0 spiro atoms. The Morgan fingerprint density at radius 2 is 1.90 bits per heavy atom. The molecule has 1 aliphatic rings. The van der Waals surface area contributed by atoms with E-state index in [1.54, 1.807) is 4.90 Å². The van der Waals surface area contributed by atoms with Crippen molar-refractivity contribution in [2.24, 2.45) is 5.73 Å². The van der Waals surface area contributed by atoms with Gasteiger partial charge in [0, 0.05) is 38.8 Å². The molecule has 0 aliphatic carbocycles. The molecule has 1 heterocycles. The van der Waals surface area contributed by atoms with Crippen LogP contribution >= 0.6 is 0 Å². The van der Waals surface area contributed by atoms with Crippen LogP contribution in [0.15, 0.2) is 24.3 Å². The number of carbonyl (C=O) groups is 2. The molecule has 1 aromatic rings. The molecule has 0 radical (unpaired) electrons.